The van der Waals surface area contributed by atoms with Gasteiger partial charge in [-0.25, -0.2) is 0 Å². The highest BCUT2D eigenvalue weighted by molar-refractivity contribution is 5.66. The van der Waals surface area contributed by atoms with Gasteiger partial charge in [-0.1, -0.05) is 12.1 Å². The summed E-state index contributed by atoms with van der Waals surface area (Å²) in [6, 6.07) is 8.05. The Morgan fingerprint density at radius 1 is 1.47 bits per heavy atom. The summed E-state index contributed by atoms with van der Waals surface area (Å²) in [7, 11) is 0. The molecule has 1 aliphatic heterocycles. The maximum atomic E-state index is 10.6. The van der Waals surface area contributed by atoms with Crippen molar-refractivity contribution in [2.24, 2.45) is 0 Å². The number of carboxylic acids is 1. The number of hydrogen-bond donors (Lipinski definition) is 1. The van der Waals surface area contributed by atoms with E-state index < -0.39 is 5.97 Å². The molecular weight excluding hydrogens is 244 g/mol. The Bertz CT molecular complexity index is 438. The lowest BCUT2D eigenvalue weighted by Gasteiger charge is -2.42. The first-order chi connectivity index (χ1) is 9.16. The monoisotopic (exact) mass is 264 g/mol. The first-order valence-corrected chi connectivity index (χ1v) is 6.69. The van der Waals surface area contributed by atoms with Crippen LogP contribution >= 0.6 is 0 Å². The molecule has 4 nitrogen and oxygen atoms in total. The van der Waals surface area contributed by atoms with Crippen LogP contribution in [0.1, 0.15) is 31.7 Å². The number of ether oxygens (including phenoxy) is 2. The molecule has 0 unspecified atom stereocenters. The van der Waals surface area contributed by atoms with Gasteiger partial charge in [0.25, 0.3) is 0 Å². The van der Waals surface area contributed by atoms with E-state index in [2.05, 4.69) is 6.07 Å². The van der Waals surface area contributed by atoms with E-state index in [0.717, 1.165) is 12.2 Å². The minimum absolute atomic E-state index is 0.0252. The molecule has 0 radical (unpaired) electrons. The second-order valence-electron chi connectivity index (χ2n) is 4.98. The van der Waals surface area contributed by atoms with Crippen LogP contribution in [-0.2, 0) is 14.9 Å². The van der Waals surface area contributed by atoms with Gasteiger partial charge < -0.3 is 14.6 Å². The minimum Gasteiger partial charge on any atom is -0.494 e. The number of benzene rings is 1. The van der Waals surface area contributed by atoms with E-state index in [-0.39, 0.29) is 11.8 Å². The Morgan fingerprint density at radius 3 is 2.84 bits per heavy atom. The molecule has 19 heavy (non-hydrogen) atoms. The molecule has 0 aliphatic carbocycles. The first kappa shape index (κ1) is 13.9. The van der Waals surface area contributed by atoms with Crippen molar-refractivity contribution in [1.82, 2.24) is 0 Å². The summed E-state index contributed by atoms with van der Waals surface area (Å²) in [6.45, 7) is 3.94. The van der Waals surface area contributed by atoms with Gasteiger partial charge in [-0.2, -0.15) is 0 Å². The fraction of sp³-hybridized carbons (Fsp3) is 0.533. The average molecular weight is 264 g/mol. The van der Waals surface area contributed by atoms with Crippen LogP contribution in [0.5, 0.6) is 5.75 Å². The topological polar surface area (TPSA) is 55.8 Å². The molecule has 0 bridgehead atoms. The maximum Gasteiger partial charge on any atom is 0.303 e. The Hall–Kier alpha value is -1.55. The second kappa shape index (κ2) is 6.06. The van der Waals surface area contributed by atoms with Crippen LogP contribution in [-0.4, -0.2) is 30.9 Å². The predicted molar refractivity (Wildman–Crippen MR) is 71.6 cm³/mol. The van der Waals surface area contributed by atoms with Crippen molar-refractivity contribution in [3.8, 4) is 5.75 Å². The summed E-state index contributed by atoms with van der Waals surface area (Å²) in [5.41, 5.74) is 1.16. The summed E-state index contributed by atoms with van der Waals surface area (Å²) in [5, 5.41) is 8.73. The maximum absolute atomic E-state index is 10.6. The highest BCUT2D eigenvalue weighted by atomic mass is 16.5. The SMILES string of the molecule is CCOc1cccc(C2(CCCC(=O)O)COC2)c1. The third-order valence-electron chi connectivity index (χ3n) is 3.56. The number of rotatable bonds is 7. The molecule has 2 rings (SSSR count). The molecule has 1 aromatic rings. The zero-order valence-electron chi connectivity index (χ0n) is 11.2. The van der Waals surface area contributed by atoms with Gasteiger partial charge >= 0.3 is 5.97 Å². The minimum atomic E-state index is -0.738. The molecule has 104 valence electrons. The van der Waals surface area contributed by atoms with E-state index in [0.29, 0.717) is 26.2 Å². The van der Waals surface area contributed by atoms with Crippen LogP contribution in [0.3, 0.4) is 0 Å². The molecule has 1 aliphatic rings. The Labute approximate surface area is 113 Å². The standard InChI is InChI=1S/C15H20O4/c1-2-19-13-6-3-5-12(9-13)15(10-18-11-15)8-4-7-14(16)17/h3,5-6,9H,2,4,7-8,10-11H2,1H3,(H,16,17). The molecule has 0 spiro atoms. The van der Waals surface area contributed by atoms with Gasteiger partial charge in [0.1, 0.15) is 5.75 Å². The van der Waals surface area contributed by atoms with Crippen molar-refractivity contribution in [3.05, 3.63) is 29.8 Å². The van der Waals surface area contributed by atoms with Crippen LogP contribution < -0.4 is 4.74 Å². The van der Waals surface area contributed by atoms with Crippen molar-refractivity contribution in [3.63, 3.8) is 0 Å². The molecule has 1 heterocycles. The van der Waals surface area contributed by atoms with Gasteiger partial charge in [-0.15, -0.1) is 0 Å². The van der Waals surface area contributed by atoms with Gasteiger partial charge in [-0.3, -0.25) is 4.79 Å². The summed E-state index contributed by atoms with van der Waals surface area (Å²) < 4.78 is 10.9. The van der Waals surface area contributed by atoms with E-state index in [1.54, 1.807) is 0 Å². The Balaban J connectivity index is 2.07. The molecular formula is C15H20O4. The quantitative estimate of drug-likeness (QED) is 0.822. The van der Waals surface area contributed by atoms with E-state index >= 15 is 0 Å². The van der Waals surface area contributed by atoms with Gasteiger partial charge in [0, 0.05) is 11.8 Å². The zero-order valence-corrected chi connectivity index (χ0v) is 11.2. The Kier molecular flexibility index (Phi) is 4.43. The van der Waals surface area contributed by atoms with Crippen molar-refractivity contribution in [2.45, 2.75) is 31.6 Å². The van der Waals surface area contributed by atoms with Crippen molar-refractivity contribution < 1.29 is 19.4 Å². The average Bonchev–Trinajstić information content (AvgIpc) is 2.33. The number of carbonyl (C=O) groups is 1. The third kappa shape index (κ3) is 3.26. The van der Waals surface area contributed by atoms with Crippen LogP contribution in [0.2, 0.25) is 0 Å². The van der Waals surface area contributed by atoms with E-state index in [9.17, 15) is 4.79 Å². The largest absolute Gasteiger partial charge is 0.494 e. The Morgan fingerprint density at radius 2 is 2.26 bits per heavy atom. The summed E-state index contributed by atoms with van der Waals surface area (Å²) in [6.07, 6.45) is 1.74. The van der Waals surface area contributed by atoms with Gasteiger partial charge in [-0.05, 0) is 37.5 Å². The highest BCUT2D eigenvalue weighted by Gasteiger charge is 2.39. The van der Waals surface area contributed by atoms with Crippen molar-refractivity contribution >= 4 is 5.97 Å². The molecule has 0 atom stereocenters. The lowest BCUT2D eigenvalue weighted by atomic mass is 9.74. The van der Waals surface area contributed by atoms with E-state index in [1.807, 2.05) is 25.1 Å². The molecule has 0 aromatic heterocycles. The number of carboxylic acid groups (broad SMARTS) is 1. The molecule has 4 heteroatoms. The smallest absolute Gasteiger partial charge is 0.303 e. The zero-order chi connectivity index (χ0) is 13.7. The molecule has 1 fully saturated rings. The number of aliphatic carboxylic acids is 1. The predicted octanol–water partition coefficient (Wildman–Crippen LogP) is 2.61. The fourth-order valence-corrected chi connectivity index (χ4v) is 2.46. The van der Waals surface area contributed by atoms with Crippen LogP contribution in [0, 0.1) is 0 Å². The normalized spacial score (nSPS) is 16.7. The fourth-order valence-electron chi connectivity index (χ4n) is 2.46. The summed E-state index contributed by atoms with van der Waals surface area (Å²) in [4.78, 5) is 10.6. The van der Waals surface area contributed by atoms with Gasteiger partial charge in [0.2, 0.25) is 0 Å². The van der Waals surface area contributed by atoms with E-state index in [4.69, 9.17) is 14.6 Å². The summed E-state index contributed by atoms with van der Waals surface area (Å²) in [5.74, 6) is 0.128. The summed E-state index contributed by atoms with van der Waals surface area (Å²) >= 11 is 0. The molecule has 0 saturated carbocycles. The van der Waals surface area contributed by atoms with Crippen LogP contribution in [0.15, 0.2) is 24.3 Å². The van der Waals surface area contributed by atoms with Crippen LogP contribution in [0.25, 0.3) is 0 Å². The lowest BCUT2D eigenvalue weighted by molar-refractivity contribution is -0.137. The van der Waals surface area contributed by atoms with Crippen molar-refractivity contribution in [2.75, 3.05) is 19.8 Å². The van der Waals surface area contributed by atoms with Crippen LogP contribution in [0.4, 0.5) is 0 Å². The third-order valence-corrected chi connectivity index (χ3v) is 3.56. The molecule has 1 N–H and O–H groups in total. The lowest BCUT2D eigenvalue weighted by Crippen LogP contribution is -2.46. The molecule has 0 amide bonds. The second-order valence-corrected chi connectivity index (χ2v) is 4.98. The molecule has 1 aromatic carbocycles. The van der Waals surface area contributed by atoms with Crippen molar-refractivity contribution in [1.29, 1.82) is 0 Å². The number of hydrogen-bond acceptors (Lipinski definition) is 3. The van der Waals surface area contributed by atoms with Gasteiger partial charge in [0.05, 0.1) is 19.8 Å². The highest BCUT2D eigenvalue weighted by Crippen LogP contribution is 2.38. The molecule has 1 saturated heterocycles. The van der Waals surface area contributed by atoms with Gasteiger partial charge in [0.15, 0.2) is 0 Å². The first-order valence-electron chi connectivity index (χ1n) is 6.69. The van der Waals surface area contributed by atoms with E-state index in [1.165, 1.54) is 5.56 Å².